The van der Waals surface area contributed by atoms with Crippen LogP contribution in [0.2, 0.25) is 5.02 Å². The van der Waals surface area contributed by atoms with E-state index in [1.54, 1.807) is 24.3 Å². The third-order valence-electron chi connectivity index (χ3n) is 3.38. The summed E-state index contributed by atoms with van der Waals surface area (Å²) in [4.78, 5) is 25.5. The average molecular weight is 310 g/mol. The molecule has 114 valence electrons. The van der Waals surface area contributed by atoms with Gasteiger partial charge in [0.25, 0.3) is 0 Å². The van der Waals surface area contributed by atoms with Crippen LogP contribution in [0.3, 0.4) is 0 Å². The van der Waals surface area contributed by atoms with E-state index in [1.165, 1.54) is 6.42 Å². The van der Waals surface area contributed by atoms with Gasteiger partial charge in [0.05, 0.1) is 13.1 Å². The maximum Gasteiger partial charge on any atom is 0.238 e. The van der Waals surface area contributed by atoms with Crippen LogP contribution < -0.4 is 10.6 Å². The zero-order valence-corrected chi connectivity index (χ0v) is 12.7. The third-order valence-corrected chi connectivity index (χ3v) is 3.61. The van der Waals surface area contributed by atoms with Gasteiger partial charge in [-0.15, -0.1) is 0 Å². The van der Waals surface area contributed by atoms with Crippen molar-refractivity contribution in [1.82, 2.24) is 10.2 Å². The molecule has 0 atom stereocenters. The molecule has 2 rings (SSSR count). The molecule has 1 aromatic carbocycles. The zero-order chi connectivity index (χ0) is 15.1. The SMILES string of the molecule is O=C(CNCC(=O)N1CCCCC1)Nc1cccc(Cl)c1. The van der Waals surface area contributed by atoms with Crippen molar-refractivity contribution in [3.63, 3.8) is 0 Å². The minimum Gasteiger partial charge on any atom is -0.342 e. The minimum absolute atomic E-state index is 0.0604. The molecular weight excluding hydrogens is 290 g/mol. The van der Waals surface area contributed by atoms with Gasteiger partial charge in [0.15, 0.2) is 0 Å². The van der Waals surface area contributed by atoms with Crippen LogP contribution in [-0.2, 0) is 9.59 Å². The summed E-state index contributed by atoms with van der Waals surface area (Å²) in [5.41, 5.74) is 0.650. The highest BCUT2D eigenvalue weighted by Crippen LogP contribution is 2.14. The molecule has 21 heavy (non-hydrogen) atoms. The Kier molecular flexibility index (Phi) is 6.02. The lowest BCUT2D eigenvalue weighted by Crippen LogP contribution is -2.42. The molecule has 6 heteroatoms. The molecule has 0 saturated carbocycles. The van der Waals surface area contributed by atoms with Crippen LogP contribution >= 0.6 is 11.6 Å². The molecule has 1 heterocycles. The Labute approximate surface area is 129 Å². The number of amides is 2. The van der Waals surface area contributed by atoms with E-state index in [9.17, 15) is 9.59 Å². The number of nitrogens with zero attached hydrogens (tertiary/aromatic N) is 1. The molecule has 1 aliphatic rings. The fourth-order valence-electron chi connectivity index (χ4n) is 2.31. The Bertz CT molecular complexity index is 501. The summed E-state index contributed by atoms with van der Waals surface area (Å²) in [5, 5.41) is 6.18. The van der Waals surface area contributed by atoms with Crippen molar-refractivity contribution >= 4 is 29.1 Å². The number of rotatable bonds is 5. The van der Waals surface area contributed by atoms with Gasteiger partial charge in [-0.2, -0.15) is 0 Å². The molecule has 1 aromatic rings. The van der Waals surface area contributed by atoms with E-state index in [-0.39, 0.29) is 24.9 Å². The van der Waals surface area contributed by atoms with E-state index in [4.69, 9.17) is 11.6 Å². The highest BCUT2D eigenvalue weighted by Gasteiger charge is 2.16. The average Bonchev–Trinajstić information content (AvgIpc) is 2.48. The van der Waals surface area contributed by atoms with E-state index in [0.717, 1.165) is 25.9 Å². The number of likely N-dealkylation sites (tertiary alicyclic amines) is 1. The first-order valence-corrected chi connectivity index (χ1v) is 7.57. The van der Waals surface area contributed by atoms with Gasteiger partial charge in [-0.25, -0.2) is 0 Å². The topological polar surface area (TPSA) is 61.4 Å². The normalized spacial score (nSPS) is 14.8. The van der Waals surface area contributed by atoms with E-state index >= 15 is 0 Å². The van der Waals surface area contributed by atoms with Gasteiger partial charge in [0, 0.05) is 23.8 Å². The van der Waals surface area contributed by atoms with Crippen LogP contribution in [0.15, 0.2) is 24.3 Å². The molecule has 0 aromatic heterocycles. The summed E-state index contributed by atoms with van der Waals surface area (Å²) in [6, 6.07) is 6.96. The summed E-state index contributed by atoms with van der Waals surface area (Å²) in [6.45, 7) is 1.96. The lowest BCUT2D eigenvalue weighted by molar-refractivity contribution is -0.131. The van der Waals surface area contributed by atoms with Crippen molar-refractivity contribution in [2.24, 2.45) is 0 Å². The molecular formula is C15H20ClN3O2. The highest BCUT2D eigenvalue weighted by atomic mass is 35.5. The summed E-state index contributed by atoms with van der Waals surface area (Å²) in [5.74, 6) is -0.131. The molecule has 2 amide bonds. The second-order valence-corrected chi connectivity index (χ2v) is 5.54. The maximum absolute atomic E-state index is 11.9. The number of carbonyl (C=O) groups is 2. The lowest BCUT2D eigenvalue weighted by atomic mass is 10.1. The number of hydrogen-bond acceptors (Lipinski definition) is 3. The molecule has 1 aliphatic heterocycles. The Morgan fingerprint density at radius 3 is 2.62 bits per heavy atom. The molecule has 1 fully saturated rings. The number of halogens is 1. The summed E-state index contributed by atoms with van der Waals surface area (Å²) in [6.07, 6.45) is 3.33. The number of piperidine rings is 1. The van der Waals surface area contributed by atoms with Crippen LogP contribution in [0.25, 0.3) is 0 Å². The Morgan fingerprint density at radius 2 is 1.90 bits per heavy atom. The molecule has 2 N–H and O–H groups in total. The van der Waals surface area contributed by atoms with E-state index < -0.39 is 0 Å². The van der Waals surface area contributed by atoms with Gasteiger partial charge in [-0.3, -0.25) is 14.9 Å². The fraction of sp³-hybridized carbons (Fsp3) is 0.467. The largest absolute Gasteiger partial charge is 0.342 e. The van der Waals surface area contributed by atoms with Crippen molar-refractivity contribution in [3.05, 3.63) is 29.3 Å². The van der Waals surface area contributed by atoms with Crippen molar-refractivity contribution in [2.75, 3.05) is 31.5 Å². The number of anilines is 1. The first-order valence-electron chi connectivity index (χ1n) is 7.19. The molecule has 0 bridgehead atoms. The standard InChI is InChI=1S/C15H20ClN3O2/c16-12-5-4-6-13(9-12)18-14(20)10-17-11-15(21)19-7-2-1-3-8-19/h4-6,9,17H,1-3,7-8,10-11H2,(H,18,20). The van der Waals surface area contributed by atoms with Crippen LogP contribution in [0.4, 0.5) is 5.69 Å². The number of hydrogen-bond donors (Lipinski definition) is 2. The quantitative estimate of drug-likeness (QED) is 0.873. The highest BCUT2D eigenvalue weighted by molar-refractivity contribution is 6.30. The fourth-order valence-corrected chi connectivity index (χ4v) is 2.50. The number of nitrogens with one attached hydrogen (secondary N) is 2. The molecule has 0 radical (unpaired) electrons. The summed E-state index contributed by atoms with van der Waals surface area (Å²) in [7, 11) is 0. The monoisotopic (exact) mass is 309 g/mol. The Hall–Kier alpha value is -1.59. The van der Waals surface area contributed by atoms with Crippen LogP contribution in [-0.4, -0.2) is 42.9 Å². The van der Waals surface area contributed by atoms with Gasteiger partial charge < -0.3 is 10.2 Å². The van der Waals surface area contributed by atoms with Crippen molar-refractivity contribution in [2.45, 2.75) is 19.3 Å². The van der Waals surface area contributed by atoms with Crippen LogP contribution in [0.1, 0.15) is 19.3 Å². The third kappa shape index (κ3) is 5.36. The summed E-state index contributed by atoms with van der Waals surface area (Å²) >= 11 is 5.84. The van der Waals surface area contributed by atoms with Gasteiger partial charge in [0.2, 0.25) is 11.8 Å². The molecule has 0 unspecified atom stereocenters. The molecule has 0 aliphatic carbocycles. The predicted molar refractivity (Wildman–Crippen MR) is 83.4 cm³/mol. The maximum atomic E-state index is 11.9. The summed E-state index contributed by atoms with van der Waals surface area (Å²) < 4.78 is 0. The van der Waals surface area contributed by atoms with E-state index in [1.807, 2.05) is 4.90 Å². The predicted octanol–water partition coefficient (Wildman–Crippen LogP) is 1.88. The number of carbonyl (C=O) groups excluding carboxylic acids is 2. The van der Waals surface area contributed by atoms with Gasteiger partial charge in [-0.05, 0) is 37.5 Å². The van der Waals surface area contributed by atoms with E-state index in [0.29, 0.717) is 10.7 Å². The molecule has 0 spiro atoms. The van der Waals surface area contributed by atoms with Gasteiger partial charge >= 0.3 is 0 Å². The van der Waals surface area contributed by atoms with E-state index in [2.05, 4.69) is 10.6 Å². The minimum atomic E-state index is -0.191. The zero-order valence-electron chi connectivity index (χ0n) is 11.9. The van der Waals surface area contributed by atoms with Crippen molar-refractivity contribution < 1.29 is 9.59 Å². The second-order valence-electron chi connectivity index (χ2n) is 5.10. The van der Waals surface area contributed by atoms with Gasteiger partial charge in [0.1, 0.15) is 0 Å². The van der Waals surface area contributed by atoms with Crippen LogP contribution in [0.5, 0.6) is 0 Å². The molecule has 1 saturated heterocycles. The first kappa shape index (κ1) is 15.8. The Balaban J connectivity index is 1.68. The first-order chi connectivity index (χ1) is 10.1. The lowest BCUT2D eigenvalue weighted by Gasteiger charge is -2.26. The second kappa shape index (κ2) is 8.00. The van der Waals surface area contributed by atoms with Crippen LogP contribution in [0, 0.1) is 0 Å². The smallest absolute Gasteiger partial charge is 0.238 e. The van der Waals surface area contributed by atoms with Gasteiger partial charge in [-0.1, -0.05) is 17.7 Å². The van der Waals surface area contributed by atoms with Crippen molar-refractivity contribution in [1.29, 1.82) is 0 Å². The molecule has 5 nitrogen and oxygen atoms in total. The Morgan fingerprint density at radius 1 is 1.14 bits per heavy atom. The number of benzene rings is 1. The van der Waals surface area contributed by atoms with Crippen molar-refractivity contribution in [3.8, 4) is 0 Å².